The van der Waals surface area contributed by atoms with Crippen LogP contribution in [0.5, 0.6) is 5.75 Å². The third-order valence-corrected chi connectivity index (χ3v) is 8.83. The van der Waals surface area contributed by atoms with E-state index in [-0.39, 0.29) is 6.42 Å². The van der Waals surface area contributed by atoms with Crippen LogP contribution in [0.15, 0.2) is 36.4 Å². The molecule has 45 heavy (non-hydrogen) atoms. The third kappa shape index (κ3) is 16.5. The first-order chi connectivity index (χ1) is 21.7. The first-order valence-electron chi connectivity index (χ1n) is 16.7. The van der Waals surface area contributed by atoms with Crippen LogP contribution in [-0.2, 0) is 25.5 Å². The molecular weight excluding hydrogens is 592 g/mol. The number of ether oxygens (including phenoxy) is 2. The molecule has 0 saturated heterocycles. The van der Waals surface area contributed by atoms with E-state index in [1.807, 2.05) is 36.0 Å². The largest absolute Gasteiger partial charge is 0.494 e. The minimum absolute atomic E-state index is 0.171. The second-order valence-corrected chi connectivity index (χ2v) is 12.7. The summed E-state index contributed by atoms with van der Waals surface area (Å²) in [7, 11) is 2.73. The maximum Gasteiger partial charge on any atom is 0.339 e. The number of hydrogen-bond donors (Lipinski definition) is 4. The van der Waals surface area contributed by atoms with Gasteiger partial charge in [-0.3, -0.25) is 9.59 Å². The van der Waals surface area contributed by atoms with Crippen LogP contribution in [-0.4, -0.2) is 78.5 Å². The first-order valence-corrected chi connectivity index (χ1v) is 17.8. The maximum atomic E-state index is 13.5. The highest BCUT2D eigenvalue weighted by Gasteiger charge is 2.47. The average Bonchev–Trinajstić information content (AvgIpc) is 3.03. The number of allylic oxidation sites excluding steroid dienone is 1. The minimum Gasteiger partial charge on any atom is -0.494 e. The van der Waals surface area contributed by atoms with Crippen molar-refractivity contribution in [1.29, 1.82) is 0 Å². The maximum absolute atomic E-state index is 13.5. The van der Waals surface area contributed by atoms with Gasteiger partial charge >= 0.3 is 5.97 Å². The van der Waals surface area contributed by atoms with E-state index in [9.17, 15) is 24.6 Å². The number of hydrogen-bond acceptors (Lipinski definition) is 7. The Kier molecular flexibility index (Phi) is 22.2. The van der Waals surface area contributed by atoms with Crippen molar-refractivity contribution in [3.05, 3.63) is 42.0 Å². The number of likely N-dealkylation sites (N-methyl/N-ethyl adjacent to an activating group) is 1. The lowest BCUT2D eigenvalue weighted by Crippen LogP contribution is -2.57. The summed E-state index contributed by atoms with van der Waals surface area (Å²) in [6.07, 6.45) is 16.7. The molecule has 256 valence electrons. The highest BCUT2D eigenvalue weighted by Crippen LogP contribution is 2.23. The van der Waals surface area contributed by atoms with Crippen molar-refractivity contribution in [1.82, 2.24) is 10.6 Å². The molecule has 10 heteroatoms. The minimum atomic E-state index is -2.51. The number of carbonyl (C=O) groups excluding carboxylic acids is 2. The van der Waals surface area contributed by atoms with E-state index in [0.717, 1.165) is 55.6 Å². The Morgan fingerprint density at radius 2 is 1.53 bits per heavy atom. The van der Waals surface area contributed by atoms with Crippen molar-refractivity contribution >= 4 is 29.5 Å². The molecule has 0 spiro atoms. The van der Waals surface area contributed by atoms with Gasteiger partial charge in [-0.25, -0.2) is 4.79 Å². The van der Waals surface area contributed by atoms with Crippen LogP contribution in [0.2, 0.25) is 0 Å². The van der Waals surface area contributed by atoms with E-state index < -0.39 is 42.0 Å². The number of carboxylic acid groups (broad SMARTS) is 1. The number of aliphatic carboxylic acids is 1. The quantitative estimate of drug-likeness (QED) is 0.0681. The van der Waals surface area contributed by atoms with E-state index in [1.54, 1.807) is 6.08 Å². The molecule has 0 aliphatic heterocycles. The molecule has 0 radical (unpaired) electrons. The molecule has 3 atom stereocenters. The lowest BCUT2D eigenvalue weighted by Gasteiger charge is -2.30. The van der Waals surface area contributed by atoms with Crippen molar-refractivity contribution in [3.63, 3.8) is 0 Å². The summed E-state index contributed by atoms with van der Waals surface area (Å²) in [5.41, 5.74) is -1.72. The molecule has 2 amide bonds. The summed E-state index contributed by atoms with van der Waals surface area (Å²) in [5, 5.41) is 26.2. The number of aliphatic hydroxyl groups is 1. The molecule has 0 aromatic heterocycles. The van der Waals surface area contributed by atoms with Crippen LogP contribution in [0.25, 0.3) is 0 Å². The number of methoxy groups -OCH3 is 1. The van der Waals surface area contributed by atoms with Crippen molar-refractivity contribution < 1.29 is 34.1 Å². The van der Waals surface area contributed by atoms with Gasteiger partial charge in [0.2, 0.25) is 11.8 Å². The van der Waals surface area contributed by atoms with E-state index in [0.29, 0.717) is 13.0 Å². The molecule has 0 fully saturated rings. The van der Waals surface area contributed by atoms with E-state index in [2.05, 4.69) is 24.5 Å². The number of nitrogens with one attached hydrogen (secondary N) is 2. The van der Waals surface area contributed by atoms with E-state index in [4.69, 9.17) is 9.47 Å². The first kappa shape index (κ1) is 40.5. The Bertz CT molecular complexity index is 989. The molecular formula is C35H58N2O7S. The van der Waals surface area contributed by atoms with Gasteiger partial charge in [0.25, 0.3) is 0 Å². The molecule has 0 unspecified atom stereocenters. The SMILES string of the molecule is CCCCCCCSCCCCCC/C=C/[C@H](C(=O)N[C@@H](Cc1ccc(OCCCC)cc1)C(=O)NC)[C@@](O)(COC)C(=O)O. The molecule has 0 aliphatic carbocycles. The van der Waals surface area contributed by atoms with Crippen molar-refractivity contribution in [3.8, 4) is 5.75 Å². The number of amides is 2. The van der Waals surface area contributed by atoms with Gasteiger partial charge in [-0.1, -0.05) is 83.1 Å². The lowest BCUT2D eigenvalue weighted by molar-refractivity contribution is -0.173. The Morgan fingerprint density at radius 3 is 2.11 bits per heavy atom. The fourth-order valence-corrected chi connectivity index (χ4v) is 5.89. The highest BCUT2D eigenvalue weighted by atomic mass is 32.2. The molecule has 9 nitrogen and oxygen atoms in total. The van der Waals surface area contributed by atoms with Crippen molar-refractivity contribution in [2.75, 3.05) is 38.9 Å². The second kappa shape index (κ2) is 24.6. The molecule has 1 aromatic carbocycles. The van der Waals surface area contributed by atoms with Crippen LogP contribution < -0.4 is 15.4 Å². The van der Waals surface area contributed by atoms with Gasteiger partial charge in [0.15, 0.2) is 5.60 Å². The third-order valence-electron chi connectivity index (χ3n) is 7.67. The average molecular weight is 651 g/mol. The summed E-state index contributed by atoms with van der Waals surface area (Å²) in [5.74, 6) is -1.14. The number of unbranched alkanes of at least 4 members (excludes halogenated alkanes) is 9. The molecule has 1 rings (SSSR count). The Hall–Kier alpha value is -2.56. The van der Waals surface area contributed by atoms with Crippen molar-refractivity contribution in [2.24, 2.45) is 5.92 Å². The zero-order valence-corrected chi connectivity index (χ0v) is 28.8. The Morgan fingerprint density at radius 1 is 0.911 bits per heavy atom. The molecule has 0 aliphatic rings. The number of benzene rings is 1. The van der Waals surface area contributed by atoms with Crippen LogP contribution in [0.4, 0.5) is 0 Å². The predicted octanol–water partition coefficient (Wildman–Crippen LogP) is 5.93. The Labute approximate surface area is 275 Å². The van der Waals surface area contributed by atoms with Gasteiger partial charge in [0, 0.05) is 20.6 Å². The van der Waals surface area contributed by atoms with Crippen LogP contribution in [0, 0.1) is 5.92 Å². The lowest BCUT2D eigenvalue weighted by atomic mass is 9.86. The molecule has 0 heterocycles. The summed E-state index contributed by atoms with van der Waals surface area (Å²) < 4.78 is 10.7. The monoisotopic (exact) mass is 650 g/mol. The summed E-state index contributed by atoms with van der Waals surface area (Å²) in [6, 6.07) is 6.30. The van der Waals surface area contributed by atoms with Gasteiger partial charge in [0.1, 0.15) is 11.8 Å². The number of carboxylic acids is 1. The van der Waals surface area contributed by atoms with Gasteiger partial charge in [0.05, 0.1) is 19.1 Å². The zero-order chi connectivity index (χ0) is 33.3. The molecule has 0 saturated carbocycles. The van der Waals surface area contributed by atoms with Crippen LogP contribution in [0.1, 0.15) is 96.5 Å². The molecule has 0 bridgehead atoms. The summed E-state index contributed by atoms with van der Waals surface area (Å²) >= 11 is 2.02. The number of rotatable bonds is 27. The molecule has 1 aromatic rings. The van der Waals surface area contributed by atoms with Gasteiger partial charge in [-0.2, -0.15) is 11.8 Å². The van der Waals surface area contributed by atoms with E-state index >= 15 is 0 Å². The van der Waals surface area contributed by atoms with Crippen LogP contribution >= 0.6 is 11.8 Å². The van der Waals surface area contributed by atoms with Gasteiger partial charge < -0.3 is 30.3 Å². The fraction of sp³-hybridized carbons (Fsp3) is 0.686. The summed E-state index contributed by atoms with van der Waals surface area (Å²) in [6.45, 7) is 4.35. The number of carbonyl (C=O) groups is 3. The van der Waals surface area contributed by atoms with Gasteiger partial charge in [-0.15, -0.1) is 0 Å². The molecule has 4 N–H and O–H groups in total. The number of thioether (sulfide) groups is 1. The zero-order valence-electron chi connectivity index (χ0n) is 28.0. The second-order valence-electron chi connectivity index (χ2n) is 11.5. The standard InChI is InChI=1S/C35H58N2O7S/c1-5-7-9-13-16-24-45-25-17-14-11-10-12-15-18-30(35(42,27-43-4)34(40)41)32(38)37-31(33(39)36-3)26-28-19-21-29(22-20-28)44-23-8-6-2/h15,18-22,30-31,42H,5-14,16-17,23-27H2,1-4H3,(H,36,39)(H,37,38)(H,40,41)/b18-15+/t30-,31+,35+/m1/s1. The Balaban J connectivity index is 2.78. The topological polar surface area (TPSA) is 134 Å². The predicted molar refractivity (Wildman–Crippen MR) is 183 cm³/mol. The smallest absolute Gasteiger partial charge is 0.339 e. The van der Waals surface area contributed by atoms with Gasteiger partial charge in [-0.05, 0) is 61.3 Å². The van der Waals surface area contributed by atoms with E-state index in [1.165, 1.54) is 58.1 Å². The normalized spacial score (nSPS) is 14.1. The highest BCUT2D eigenvalue weighted by molar-refractivity contribution is 7.99. The van der Waals surface area contributed by atoms with Crippen LogP contribution in [0.3, 0.4) is 0 Å². The summed E-state index contributed by atoms with van der Waals surface area (Å²) in [4.78, 5) is 38.4. The fourth-order valence-electron chi connectivity index (χ4n) is 4.87. The van der Waals surface area contributed by atoms with Crippen molar-refractivity contribution in [2.45, 2.75) is 109 Å².